The summed E-state index contributed by atoms with van der Waals surface area (Å²) in [5, 5.41) is 18.2. The van der Waals surface area contributed by atoms with Gasteiger partial charge in [0.2, 0.25) is 0 Å². The van der Waals surface area contributed by atoms with Crippen molar-refractivity contribution in [2.24, 2.45) is 7.05 Å². The van der Waals surface area contributed by atoms with Crippen molar-refractivity contribution in [2.75, 3.05) is 14.2 Å². The number of halogens is 1. The fourth-order valence-electron chi connectivity index (χ4n) is 1.90. The third-order valence-electron chi connectivity index (χ3n) is 2.81. The summed E-state index contributed by atoms with van der Waals surface area (Å²) < 4.78 is 12.5. The van der Waals surface area contributed by atoms with Gasteiger partial charge in [-0.25, -0.2) is 4.68 Å². The first-order valence-electron chi connectivity index (χ1n) is 5.54. The Labute approximate surface area is 119 Å². The molecule has 1 unspecified atom stereocenters. The number of aryl methyl sites for hydroxylation is 1. The SMILES string of the molecule is COc1cccc(C(O)c2c(Br)nnn2C)c1OC. The molecule has 2 rings (SSSR count). The number of ether oxygens (including phenoxy) is 2. The van der Waals surface area contributed by atoms with Gasteiger partial charge in [0.15, 0.2) is 16.1 Å². The van der Waals surface area contributed by atoms with Gasteiger partial charge in [-0.15, -0.1) is 5.10 Å². The molecular formula is C12H14BrN3O3. The molecule has 0 aliphatic heterocycles. The van der Waals surface area contributed by atoms with Crippen molar-refractivity contribution in [1.82, 2.24) is 15.0 Å². The molecule has 0 fully saturated rings. The number of benzene rings is 1. The van der Waals surface area contributed by atoms with Crippen molar-refractivity contribution < 1.29 is 14.6 Å². The lowest BCUT2D eigenvalue weighted by Gasteiger charge is -2.17. The molecule has 1 atom stereocenters. The molecule has 1 heterocycles. The number of rotatable bonds is 4. The summed E-state index contributed by atoms with van der Waals surface area (Å²) in [6.45, 7) is 0. The number of nitrogens with zero attached hydrogens (tertiary/aromatic N) is 3. The van der Waals surface area contributed by atoms with Gasteiger partial charge in [0.05, 0.1) is 14.2 Å². The van der Waals surface area contributed by atoms with Crippen LogP contribution in [0.4, 0.5) is 0 Å². The molecule has 7 heteroatoms. The minimum Gasteiger partial charge on any atom is -0.493 e. The molecule has 0 aliphatic carbocycles. The fourth-order valence-corrected chi connectivity index (χ4v) is 2.45. The van der Waals surface area contributed by atoms with Gasteiger partial charge in [0.25, 0.3) is 0 Å². The lowest BCUT2D eigenvalue weighted by atomic mass is 10.1. The van der Waals surface area contributed by atoms with E-state index < -0.39 is 6.10 Å². The van der Waals surface area contributed by atoms with E-state index in [0.717, 1.165) is 0 Å². The largest absolute Gasteiger partial charge is 0.493 e. The van der Waals surface area contributed by atoms with Crippen molar-refractivity contribution in [1.29, 1.82) is 0 Å². The zero-order chi connectivity index (χ0) is 14.0. The van der Waals surface area contributed by atoms with Crippen molar-refractivity contribution in [3.63, 3.8) is 0 Å². The Kier molecular flexibility index (Phi) is 4.06. The molecule has 1 aromatic heterocycles. The lowest BCUT2D eigenvalue weighted by molar-refractivity contribution is 0.202. The topological polar surface area (TPSA) is 69.4 Å². The highest BCUT2D eigenvalue weighted by atomic mass is 79.9. The van der Waals surface area contributed by atoms with Crippen LogP contribution in [0.5, 0.6) is 11.5 Å². The van der Waals surface area contributed by atoms with Crippen LogP contribution in [-0.2, 0) is 7.05 Å². The summed E-state index contributed by atoms with van der Waals surface area (Å²) in [5.41, 5.74) is 1.14. The van der Waals surface area contributed by atoms with E-state index in [-0.39, 0.29) is 0 Å². The molecule has 6 nitrogen and oxygen atoms in total. The van der Waals surface area contributed by atoms with Crippen molar-refractivity contribution in [3.05, 3.63) is 34.1 Å². The van der Waals surface area contributed by atoms with E-state index in [0.29, 0.717) is 27.4 Å². The maximum atomic E-state index is 10.5. The maximum absolute atomic E-state index is 10.5. The normalized spacial score (nSPS) is 12.3. The first-order valence-corrected chi connectivity index (χ1v) is 6.33. The van der Waals surface area contributed by atoms with Gasteiger partial charge in [-0.3, -0.25) is 0 Å². The van der Waals surface area contributed by atoms with Gasteiger partial charge >= 0.3 is 0 Å². The molecule has 0 saturated carbocycles. The number of aromatic nitrogens is 3. The summed E-state index contributed by atoms with van der Waals surface area (Å²) >= 11 is 3.27. The summed E-state index contributed by atoms with van der Waals surface area (Å²) in [6.07, 6.45) is -0.917. The van der Waals surface area contributed by atoms with Gasteiger partial charge in [0.1, 0.15) is 11.8 Å². The molecule has 19 heavy (non-hydrogen) atoms. The fraction of sp³-hybridized carbons (Fsp3) is 0.333. The second-order valence-electron chi connectivity index (χ2n) is 3.87. The van der Waals surface area contributed by atoms with E-state index in [9.17, 15) is 5.11 Å². The first kappa shape index (κ1) is 13.8. The summed E-state index contributed by atoms with van der Waals surface area (Å²) in [4.78, 5) is 0. The average Bonchev–Trinajstić information content (AvgIpc) is 2.76. The van der Waals surface area contributed by atoms with Crippen LogP contribution in [0.15, 0.2) is 22.8 Å². The monoisotopic (exact) mass is 327 g/mol. The predicted octanol–water partition coefficient (Wildman–Crippen LogP) is 1.68. The Bertz CT molecular complexity index is 566. The smallest absolute Gasteiger partial charge is 0.166 e. The Balaban J connectivity index is 2.53. The summed E-state index contributed by atoms with van der Waals surface area (Å²) in [6, 6.07) is 5.33. The van der Waals surface area contributed by atoms with E-state index in [1.165, 1.54) is 11.8 Å². The van der Waals surface area contributed by atoms with Crippen LogP contribution in [0.1, 0.15) is 17.4 Å². The van der Waals surface area contributed by atoms with E-state index in [2.05, 4.69) is 26.2 Å². The molecule has 0 saturated heterocycles. The predicted molar refractivity (Wildman–Crippen MR) is 72.3 cm³/mol. The van der Waals surface area contributed by atoms with E-state index in [4.69, 9.17) is 9.47 Å². The van der Waals surface area contributed by atoms with E-state index in [1.807, 2.05) is 0 Å². The summed E-state index contributed by atoms with van der Waals surface area (Å²) in [5.74, 6) is 1.05. The number of aliphatic hydroxyl groups is 1. The van der Waals surface area contributed by atoms with Crippen LogP contribution < -0.4 is 9.47 Å². The van der Waals surface area contributed by atoms with Gasteiger partial charge in [0, 0.05) is 12.6 Å². The van der Waals surface area contributed by atoms with Crippen LogP contribution in [0.25, 0.3) is 0 Å². The van der Waals surface area contributed by atoms with E-state index in [1.54, 1.807) is 32.4 Å². The second kappa shape index (κ2) is 5.58. The van der Waals surface area contributed by atoms with Crippen LogP contribution in [0.2, 0.25) is 0 Å². The highest BCUT2D eigenvalue weighted by Gasteiger charge is 2.24. The third kappa shape index (κ3) is 2.43. The second-order valence-corrected chi connectivity index (χ2v) is 4.63. The minimum atomic E-state index is -0.917. The molecular weight excluding hydrogens is 314 g/mol. The third-order valence-corrected chi connectivity index (χ3v) is 3.38. The number of hydrogen-bond acceptors (Lipinski definition) is 5. The standard InChI is InChI=1S/C12H14BrN3O3/c1-16-9(12(13)14-15-16)10(17)7-5-4-6-8(18-2)11(7)19-3/h4-6,10,17H,1-3H3. The molecule has 102 valence electrons. The maximum Gasteiger partial charge on any atom is 0.166 e. The molecule has 0 aliphatic rings. The van der Waals surface area contributed by atoms with Gasteiger partial charge in [-0.1, -0.05) is 17.3 Å². The molecule has 0 amide bonds. The minimum absolute atomic E-state index is 0.491. The number of para-hydroxylation sites is 1. The average molecular weight is 328 g/mol. The van der Waals surface area contributed by atoms with Crippen LogP contribution in [0.3, 0.4) is 0 Å². The van der Waals surface area contributed by atoms with Crippen LogP contribution in [-0.4, -0.2) is 34.3 Å². The highest BCUT2D eigenvalue weighted by molar-refractivity contribution is 9.10. The number of methoxy groups -OCH3 is 2. The van der Waals surface area contributed by atoms with Gasteiger partial charge in [-0.2, -0.15) is 0 Å². The zero-order valence-corrected chi connectivity index (χ0v) is 12.4. The van der Waals surface area contributed by atoms with Gasteiger partial charge < -0.3 is 14.6 Å². The van der Waals surface area contributed by atoms with Crippen LogP contribution in [0, 0.1) is 0 Å². The molecule has 0 spiro atoms. The van der Waals surface area contributed by atoms with Gasteiger partial charge in [-0.05, 0) is 22.0 Å². The molecule has 1 aromatic carbocycles. The first-order chi connectivity index (χ1) is 9.10. The van der Waals surface area contributed by atoms with Crippen molar-refractivity contribution in [2.45, 2.75) is 6.10 Å². The Hall–Kier alpha value is -1.60. The Morgan fingerprint density at radius 1 is 1.32 bits per heavy atom. The van der Waals surface area contributed by atoms with Crippen LogP contribution >= 0.6 is 15.9 Å². The lowest BCUT2D eigenvalue weighted by Crippen LogP contribution is -2.09. The number of aliphatic hydroxyl groups excluding tert-OH is 1. The molecule has 1 N–H and O–H groups in total. The Morgan fingerprint density at radius 2 is 2.05 bits per heavy atom. The number of hydrogen-bond donors (Lipinski definition) is 1. The quantitative estimate of drug-likeness (QED) is 0.925. The van der Waals surface area contributed by atoms with E-state index >= 15 is 0 Å². The zero-order valence-electron chi connectivity index (χ0n) is 10.8. The molecule has 0 radical (unpaired) electrons. The van der Waals surface area contributed by atoms with Crippen molar-refractivity contribution in [3.8, 4) is 11.5 Å². The molecule has 0 bridgehead atoms. The highest BCUT2D eigenvalue weighted by Crippen LogP contribution is 2.38. The Morgan fingerprint density at radius 3 is 2.58 bits per heavy atom. The van der Waals surface area contributed by atoms with Crippen molar-refractivity contribution >= 4 is 15.9 Å². The molecule has 2 aromatic rings. The summed E-state index contributed by atoms with van der Waals surface area (Å²) in [7, 11) is 4.79.